The molecule has 0 bridgehead atoms. The van der Waals surface area contributed by atoms with Gasteiger partial charge in [0.05, 0.1) is 23.4 Å². The molecule has 0 aliphatic rings. The monoisotopic (exact) mass is 464 g/mol. The van der Waals surface area contributed by atoms with Crippen molar-refractivity contribution in [1.82, 2.24) is 14.5 Å². The van der Waals surface area contributed by atoms with Crippen molar-refractivity contribution in [2.24, 2.45) is 0 Å². The summed E-state index contributed by atoms with van der Waals surface area (Å²) in [4.78, 5) is 34.0. The average molecular weight is 465 g/mol. The Labute approximate surface area is 194 Å². The van der Waals surface area contributed by atoms with Gasteiger partial charge < -0.3 is 14.6 Å². The first-order valence-electron chi connectivity index (χ1n) is 10.3. The number of halogens is 1. The second-order valence-electron chi connectivity index (χ2n) is 7.06. The summed E-state index contributed by atoms with van der Waals surface area (Å²) in [5.41, 5.74) is 2.84. The van der Waals surface area contributed by atoms with Crippen molar-refractivity contribution >= 4 is 40.5 Å². The second-order valence-corrected chi connectivity index (χ2v) is 8.00. The van der Waals surface area contributed by atoms with Gasteiger partial charge in [0, 0.05) is 11.9 Å². The molecule has 0 saturated heterocycles. The normalized spacial score (nSPS) is 10.8. The van der Waals surface area contributed by atoms with Gasteiger partial charge in [-0.1, -0.05) is 36.0 Å². The first kappa shape index (κ1) is 22.5. The number of anilines is 1. The molecule has 1 N–H and O–H groups in total. The van der Waals surface area contributed by atoms with E-state index in [0.29, 0.717) is 27.8 Å². The van der Waals surface area contributed by atoms with Crippen LogP contribution < -0.4 is 5.32 Å². The Hall–Kier alpha value is -3.72. The third kappa shape index (κ3) is 5.38. The smallest absolute Gasteiger partial charge is 0.340 e. The number of rotatable bonds is 8. The number of amides is 1. The van der Waals surface area contributed by atoms with Gasteiger partial charge in [-0.25, -0.2) is 19.2 Å². The maximum Gasteiger partial charge on any atom is 0.340 e. The minimum atomic E-state index is -0.499. The SMILES string of the molecule is CCOC(=O)c1ccccc1NC(=O)Cn1c(SCc2ccc(F)cc2)nc2ncccc21. The number of fused-ring (bicyclic) bond motifs is 1. The van der Waals surface area contributed by atoms with E-state index in [1.54, 1.807) is 60.2 Å². The highest BCUT2D eigenvalue weighted by Gasteiger charge is 2.18. The number of nitrogens with one attached hydrogen (secondary N) is 1. The maximum absolute atomic E-state index is 13.2. The summed E-state index contributed by atoms with van der Waals surface area (Å²) in [5.74, 6) is -0.559. The number of aromatic nitrogens is 3. The van der Waals surface area contributed by atoms with Gasteiger partial charge in [0.1, 0.15) is 12.4 Å². The summed E-state index contributed by atoms with van der Waals surface area (Å²) >= 11 is 1.43. The highest BCUT2D eigenvalue weighted by atomic mass is 32.2. The zero-order valence-corrected chi connectivity index (χ0v) is 18.6. The van der Waals surface area contributed by atoms with E-state index in [1.165, 1.54) is 23.9 Å². The lowest BCUT2D eigenvalue weighted by atomic mass is 10.2. The molecule has 1 amide bonds. The van der Waals surface area contributed by atoms with E-state index in [4.69, 9.17) is 4.74 Å². The van der Waals surface area contributed by atoms with Gasteiger partial charge in [-0.15, -0.1) is 0 Å². The van der Waals surface area contributed by atoms with Crippen LogP contribution in [0.1, 0.15) is 22.8 Å². The van der Waals surface area contributed by atoms with Gasteiger partial charge in [0.2, 0.25) is 5.91 Å². The van der Waals surface area contributed by atoms with Crippen LogP contribution in [0.2, 0.25) is 0 Å². The molecule has 9 heteroatoms. The Morgan fingerprint density at radius 3 is 2.67 bits per heavy atom. The fourth-order valence-electron chi connectivity index (χ4n) is 3.24. The molecule has 0 radical (unpaired) electrons. The number of carbonyl (C=O) groups is 2. The van der Waals surface area contributed by atoms with Gasteiger partial charge >= 0.3 is 5.97 Å². The van der Waals surface area contributed by atoms with E-state index >= 15 is 0 Å². The molecule has 0 aliphatic heterocycles. The number of ether oxygens (including phenoxy) is 1. The molecule has 0 saturated carbocycles. The van der Waals surface area contributed by atoms with Crippen molar-refractivity contribution in [3.8, 4) is 0 Å². The van der Waals surface area contributed by atoms with E-state index in [2.05, 4.69) is 15.3 Å². The lowest BCUT2D eigenvalue weighted by Crippen LogP contribution is -2.21. The van der Waals surface area contributed by atoms with Gasteiger partial charge in [-0.3, -0.25) is 4.79 Å². The van der Waals surface area contributed by atoms with E-state index in [-0.39, 0.29) is 30.4 Å². The maximum atomic E-state index is 13.2. The van der Waals surface area contributed by atoms with E-state index in [0.717, 1.165) is 5.56 Å². The standard InChI is InChI=1S/C24H21FN4O3S/c1-2-32-23(31)18-6-3-4-7-19(18)27-21(30)14-29-20-8-5-13-26-22(20)28-24(29)33-15-16-9-11-17(25)12-10-16/h3-13H,2,14-15H2,1H3,(H,27,30). The summed E-state index contributed by atoms with van der Waals surface area (Å²) in [6.07, 6.45) is 1.64. The molecule has 0 spiro atoms. The fourth-order valence-corrected chi connectivity index (χ4v) is 4.20. The summed E-state index contributed by atoms with van der Waals surface area (Å²) in [6.45, 7) is 1.94. The fraction of sp³-hybridized carbons (Fsp3) is 0.167. The first-order valence-corrected chi connectivity index (χ1v) is 11.3. The number of pyridine rings is 1. The number of hydrogen-bond acceptors (Lipinski definition) is 6. The highest BCUT2D eigenvalue weighted by molar-refractivity contribution is 7.98. The molecule has 2 aromatic carbocycles. The van der Waals surface area contributed by atoms with Crippen LogP contribution in [0, 0.1) is 5.82 Å². The van der Waals surface area contributed by atoms with Crippen molar-refractivity contribution in [3.05, 3.63) is 83.8 Å². The van der Waals surface area contributed by atoms with Crippen molar-refractivity contribution in [1.29, 1.82) is 0 Å². The van der Waals surface area contributed by atoms with Crippen LogP contribution in [0.3, 0.4) is 0 Å². The van der Waals surface area contributed by atoms with Crippen LogP contribution in [-0.2, 0) is 21.8 Å². The molecule has 33 heavy (non-hydrogen) atoms. The third-order valence-corrected chi connectivity index (χ3v) is 5.82. The van der Waals surface area contributed by atoms with Crippen molar-refractivity contribution < 1.29 is 18.7 Å². The number of hydrogen-bond donors (Lipinski definition) is 1. The minimum absolute atomic E-state index is 0.0227. The number of benzene rings is 2. The Morgan fingerprint density at radius 1 is 1.09 bits per heavy atom. The van der Waals surface area contributed by atoms with Crippen LogP contribution in [0.25, 0.3) is 11.2 Å². The zero-order valence-electron chi connectivity index (χ0n) is 17.8. The summed E-state index contributed by atoms with van der Waals surface area (Å²) in [5, 5.41) is 3.41. The van der Waals surface area contributed by atoms with E-state index < -0.39 is 5.97 Å². The number of para-hydroxylation sites is 1. The Balaban J connectivity index is 1.55. The summed E-state index contributed by atoms with van der Waals surface area (Å²) in [7, 11) is 0. The molecule has 4 rings (SSSR count). The Bertz CT molecular complexity index is 1290. The molecule has 168 valence electrons. The van der Waals surface area contributed by atoms with E-state index in [9.17, 15) is 14.0 Å². The van der Waals surface area contributed by atoms with Crippen molar-refractivity contribution in [2.75, 3.05) is 11.9 Å². The van der Waals surface area contributed by atoms with Crippen LogP contribution in [0.15, 0.2) is 72.0 Å². The van der Waals surface area contributed by atoms with Crippen molar-refractivity contribution in [3.63, 3.8) is 0 Å². The van der Waals surface area contributed by atoms with Crippen LogP contribution in [0.4, 0.5) is 10.1 Å². The molecule has 2 heterocycles. The predicted molar refractivity (Wildman–Crippen MR) is 125 cm³/mol. The van der Waals surface area contributed by atoms with Crippen LogP contribution in [0.5, 0.6) is 0 Å². The molecule has 0 aliphatic carbocycles. The molecule has 2 aromatic heterocycles. The largest absolute Gasteiger partial charge is 0.462 e. The topological polar surface area (TPSA) is 86.1 Å². The molecule has 0 fully saturated rings. The molecular formula is C24H21FN4O3S. The Kier molecular flexibility index (Phi) is 6.99. The predicted octanol–water partition coefficient (Wildman–Crippen LogP) is 4.68. The molecule has 7 nitrogen and oxygen atoms in total. The molecule has 4 aromatic rings. The zero-order chi connectivity index (χ0) is 23.2. The minimum Gasteiger partial charge on any atom is -0.462 e. The number of nitrogens with zero attached hydrogens (tertiary/aromatic N) is 3. The van der Waals surface area contributed by atoms with Crippen LogP contribution >= 0.6 is 11.8 Å². The number of imidazole rings is 1. The molecule has 0 atom stereocenters. The molecule has 0 unspecified atom stereocenters. The highest BCUT2D eigenvalue weighted by Crippen LogP contribution is 2.26. The number of carbonyl (C=O) groups excluding carboxylic acids is 2. The lowest BCUT2D eigenvalue weighted by Gasteiger charge is -2.12. The lowest BCUT2D eigenvalue weighted by molar-refractivity contribution is -0.116. The van der Waals surface area contributed by atoms with Gasteiger partial charge in [-0.2, -0.15) is 0 Å². The van der Waals surface area contributed by atoms with Crippen molar-refractivity contribution in [2.45, 2.75) is 24.4 Å². The quantitative estimate of drug-likeness (QED) is 0.301. The number of thioether (sulfide) groups is 1. The van der Waals surface area contributed by atoms with Gasteiger partial charge in [0.25, 0.3) is 0 Å². The summed E-state index contributed by atoms with van der Waals surface area (Å²) in [6, 6.07) is 16.6. The Morgan fingerprint density at radius 2 is 1.88 bits per heavy atom. The second kappa shape index (κ2) is 10.3. The summed E-state index contributed by atoms with van der Waals surface area (Å²) < 4.78 is 20.0. The van der Waals surface area contributed by atoms with Crippen LogP contribution in [-0.4, -0.2) is 33.0 Å². The first-order chi connectivity index (χ1) is 16.0. The van der Waals surface area contributed by atoms with E-state index in [1.807, 2.05) is 6.07 Å². The van der Waals surface area contributed by atoms with Gasteiger partial charge in [-0.05, 0) is 48.9 Å². The average Bonchev–Trinajstić information content (AvgIpc) is 3.16. The third-order valence-electron chi connectivity index (χ3n) is 4.77. The van der Waals surface area contributed by atoms with Gasteiger partial charge in [0.15, 0.2) is 10.8 Å². The number of esters is 1. The molecular weight excluding hydrogens is 443 g/mol.